The number of ether oxygens (including phenoxy) is 1. The van der Waals surface area contributed by atoms with Gasteiger partial charge in [0, 0.05) is 26.6 Å². The van der Waals surface area contributed by atoms with E-state index in [1.807, 2.05) is 41.8 Å². The molecule has 4 rings (SSSR count). The fourth-order valence-electron chi connectivity index (χ4n) is 3.88. The topological polar surface area (TPSA) is 91.0 Å². The summed E-state index contributed by atoms with van der Waals surface area (Å²) in [6, 6.07) is 12.8. The minimum Gasteiger partial charge on any atom is -0.383 e. The maximum Gasteiger partial charge on any atom is 0.241 e. The van der Waals surface area contributed by atoms with Crippen molar-refractivity contribution in [3.8, 4) is 0 Å². The normalized spacial score (nSPS) is 12.2. The zero-order chi connectivity index (χ0) is 22.0. The molecule has 2 heterocycles. The molecular weight excluding hydrogens is 414 g/mol. The molecule has 0 spiro atoms. The summed E-state index contributed by atoms with van der Waals surface area (Å²) in [4.78, 5) is 9.42. The molecular formula is C22H27N5O3S. The van der Waals surface area contributed by atoms with Crippen LogP contribution in [0, 0.1) is 0 Å². The van der Waals surface area contributed by atoms with E-state index in [-0.39, 0.29) is 11.4 Å². The number of hydrogen-bond acceptors (Lipinski definition) is 5. The highest BCUT2D eigenvalue weighted by molar-refractivity contribution is 7.89. The molecule has 8 nitrogen and oxygen atoms in total. The number of methoxy groups -OCH3 is 1. The van der Waals surface area contributed by atoms with Crippen LogP contribution in [0.2, 0.25) is 0 Å². The highest BCUT2D eigenvalue weighted by Crippen LogP contribution is 2.22. The van der Waals surface area contributed by atoms with Crippen LogP contribution in [0.25, 0.3) is 22.1 Å². The van der Waals surface area contributed by atoms with E-state index < -0.39 is 10.0 Å². The van der Waals surface area contributed by atoms with Crippen molar-refractivity contribution in [3.63, 3.8) is 0 Å². The number of aromatic nitrogens is 4. The molecule has 9 heteroatoms. The number of fused-ring (bicyclic) bond motifs is 2. The van der Waals surface area contributed by atoms with E-state index in [1.165, 1.54) is 0 Å². The van der Waals surface area contributed by atoms with Gasteiger partial charge in [0.05, 0.1) is 40.1 Å². The molecule has 31 heavy (non-hydrogen) atoms. The second kappa shape index (κ2) is 8.78. The molecule has 0 aliphatic heterocycles. The van der Waals surface area contributed by atoms with Crippen molar-refractivity contribution in [2.75, 3.05) is 13.7 Å². The Labute approximate surface area is 181 Å². The zero-order valence-electron chi connectivity index (χ0n) is 18.0. The summed E-state index contributed by atoms with van der Waals surface area (Å²) in [5.74, 6) is 1.60. The van der Waals surface area contributed by atoms with Gasteiger partial charge in [-0.2, -0.15) is 0 Å². The van der Waals surface area contributed by atoms with Gasteiger partial charge in [0.15, 0.2) is 0 Å². The lowest BCUT2D eigenvalue weighted by Crippen LogP contribution is -2.25. The number of imidazole rings is 2. The van der Waals surface area contributed by atoms with Crippen molar-refractivity contribution in [1.29, 1.82) is 0 Å². The highest BCUT2D eigenvalue weighted by Gasteiger charge is 2.19. The van der Waals surface area contributed by atoms with Crippen LogP contribution >= 0.6 is 0 Å². The number of nitrogens with zero attached hydrogens (tertiary/aromatic N) is 4. The molecule has 0 aliphatic carbocycles. The van der Waals surface area contributed by atoms with Crippen molar-refractivity contribution in [2.45, 2.75) is 44.8 Å². The van der Waals surface area contributed by atoms with Gasteiger partial charge in [0.25, 0.3) is 0 Å². The minimum absolute atomic E-state index is 0.0857. The standard InChI is InChI=1S/C22H27N5O3S/c1-4-21-25-18-14-16(10-11-20(18)26(21)5-2)31(28,29)23-15-22-24-17-8-6-7-9-19(17)27(22)12-13-30-3/h6-11,14,23H,4-5,12-13,15H2,1-3H3. The van der Waals surface area contributed by atoms with E-state index >= 15 is 0 Å². The predicted molar refractivity (Wildman–Crippen MR) is 120 cm³/mol. The fourth-order valence-corrected chi connectivity index (χ4v) is 4.88. The van der Waals surface area contributed by atoms with E-state index in [9.17, 15) is 8.42 Å². The van der Waals surface area contributed by atoms with Gasteiger partial charge >= 0.3 is 0 Å². The van der Waals surface area contributed by atoms with Crippen molar-refractivity contribution in [1.82, 2.24) is 23.8 Å². The first kappa shape index (κ1) is 21.5. The van der Waals surface area contributed by atoms with Crippen LogP contribution < -0.4 is 4.72 Å². The molecule has 0 saturated carbocycles. The van der Waals surface area contributed by atoms with E-state index in [1.54, 1.807) is 19.2 Å². The van der Waals surface area contributed by atoms with Gasteiger partial charge < -0.3 is 13.9 Å². The lowest BCUT2D eigenvalue weighted by molar-refractivity contribution is 0.187. The van der Waals surface area contributed by atoms with Crippen molar-refractivity contribution in [2.24, 2.45) is 0 Å². The lowest BCUT2D eigenvalue weighted by Gasteiger charge is -2.10. The Bertz CT molecular complexity index is 1320. The fraction of sp³-hybridized carbons (Fsp3) is 0.364. The summed E-state index contributed by atoms with van der Waals surface area (Å²) in [5, 5.41) is 0. The smallest absolute Gasteiger partial charge is 0.241 e. The maximum atomic E-state index is 13.0. The molecule has 0 bridgehead atoms. The van der Waals surface area contributed by atoms with Crippen LogP contribution in [-0.4, -0.2) is 41.2 Å². The molecule has 164 valence electrons. The summed E-state index contributed by atoms with van der Waals surface area (Å²) >= 11 is 0. The number of sulfonamides is 1. The van der Waals surface area contributed by atoms with Gasteiger partial charge in [-0.15, -0.1) is 0 Å². The molecule has 0 fully saturated rings. The molecule has 0 radical (unpaired) electrons. The molecule has 4 aromatic rings. The maximum absolute atomic E-state index is 13.0. The number of rotatable bonds is 9. The van der Waals surface area contributed by atoms with Crippen LogP contribution in [0.1, 0.15) is 25.5 Å². The quantitative estimate of drug-likeness (QED) is 0.431. The number of hydrogen-bond donors (Lipinski definition) is 1. The Morgan fingerprint density at radius 3 is 2.45 bits per heavy atom. The molecule has 1 N–H and O–H groups in total. The van der Waals surface area contributed by atoms with Crippen LogP contribution in [0.5, 0.6) is 0 Å². The Kier molecular flexibility index (Phi) is 6.08. The first-order valence-corrected chi connectivity index (χ1v) is 11.9. The molecule has 0 atom stereocenters. The summed E-state index contributed by atoms with van der Waals surface area (Å²) in [5.41, 5.74) is 3.41. The van der Waals surface area contributed by atoms with Crippen molar-refractivity contribution >= 4 is 32.1 Å². The van der Waals surface area contributed by atoms with Gasteiger partial charge in [-0.1, -0.05) is 19.1 Å². The third-order valence-electron chi connectivity index (χ3n) is 5.41. The predicted octanol–water partition coefficient (Wildman–Crippen LogP) is 3.09. The van der Waals surface area contributed by atoms with Crippen molar-refractivity contribution in [3.05, 3.63) is 54.1 Å². The van der Waals surface area contributed by atoms with Crippen LogP contribution in [-0.2, 0) is 40.8 Å². The van der Waals surface area contributed by atoms with Gasteiger partial charge in [-0.3, -0.25) is 0 Å². The van der Waals surface area contributed by atoms with E-state index in [0.29, 0.717) is 24.5 Å². The van der Waals surface area contributed by atoms with Crippen molar-refractivity contribution < 1.29 is 13.2 Å². The Morgan fingerprint density at radius 2 is 1.71 bits per heavy atom. The second-order valence-electron chi connectivity index (χ2n) is 7.26. The first-order valence-electron chi connectivity index (χ1n) is 10.4. The molecule has 2 aromatic heterocycles. The molecule has 0 unspecified atom stereocenters. The zero-order valence-corrected chi connectivity index (χ0v) is 18.8. The Hall–Kier alpha value is -2.75. The van der Waals surface area contributed by atoms with E-state index in [0.717, 1.165) is 35.3 Å². The largest absolute Gasteiger partial charge is 0.383 e. The van der Waals surface area contributed by atoms with E-state index in [2.05, 4.69) is 26.2 Å². The van der Waals surface area contributed by atoms with E-state index in [4.69, 9.17) is 4.74 Å². The third-order valence-corrected chi connectivity index (χ3v) is 6.81. The van der Waals surface area contributed by atoms with Gasteiger partial charge in [-0.25, -0.2) is 23.1 Å². The van der Waals surface area contributed by atoms with Crippen LogP contribution in [0.15, 0.2) is 47.4 Å². The average Bonchev–Trinajstić information content (AvgIpc) is 3.32. The molecule has 0 amide bonds. The van der Waals surface area contributed by atoms with Crippen LogP contribution in [0.4, 0.5) is 0 Å². The number of para-hydroxylation sites is 2. The monoisotopic (exact) mass is 441 g/mol. The van der Waals surface area contributed by atoms with Gasteiger partial charge in [0.1, 0.15) is 11.6 Å². The molecule has 2 aromatic carbocycles. The molecule has 0 saturated heterocycles. The lowest BCUT2D eigenvalue weighted by atomic mass is 10.3. The van der Waals surface area contributed by atoms with Crippen LogP contribution in [0.3, 0.4) is 0 Å². The average molecular weight is 442 g/mol. The first-order chi connectivity index (χ1) is 15.0. The third kappa shape index (κ3) is 4.08. The van der Waals surface area contributed by atoms with Gasteiger partial charge in [0.2, 0.25) is 10.0 Å². The summed E-state index contributed by atoms with van der Waals surface area (Å²) in [7, 11) is -2.09. The summed E-state index contributed by atoms with van der Waals surface area (Å²) in [6.07, 6.45) is 0.792. The SMILES string of the molecule is CCc1nc2cc(S(=O)(=O)NCc3nc4ccccc4n3CCOC)ccc2n1CC. The molecule has 0 aliphatic rings. The highest BCUT2D eigenvalue weighted by atomic mass is 32.2. The minimum atomic E-state index is -3.73. The van der Waals surface area contributed by atoms with Gasteiger partial charge in [-0.05, 0) is 37.3 Å². The second-order valence-corrected chi connectivity index (χ2v) is 9.03. The Balaban J connectivity index is 1.62. The number of aryl methyl sites for hydroxylation is 2. The summed E-state index contributed by atoms with van der Waals surface area (Å²) in [6.45, 7) is 6.08. The number of benzene rings is 2. The Morgan fingerprint density at radius 1 is 0.968 bits per heavy atom. The number of nitrogens with one attached hydrogen (secondary N) is 1. The summed E-state index contributed by atoms with van der Waals surface area (Å²) < 4.78 is 38.0.